The largest absolute Gasteiger partial charge is 0.389 e. The van der Waals surface area contributed by atoms with Crippen molar-refractivity contribution in [1.82, 2.24) is 9.97 Å². The molecule has 2 rings (SSSR count). The van der Waals surface area contributed by atoms with Crippen LogP contribution in [0.3, 0.4) is 0 Å². The smallest absolute Gasteiger partial charge is 0.192 e. The van der Waals surface area contributed by atoms with Gasteiger partial charge in [0.05, 0.1) is 11.1 Å². The standard InChI is InChI=1S/C14H15ClN2OS/c1-8-6-9(2)17-14(16-8)19-13-5-4-11(10(3)18)7-12(13)15/h4-7,10,18H,1-3H3. The molecule has 0 fully saturated rings. The lowest BCUT2D eigenvalue weighted by molar-refractivity contribution is 0.199. The molecule has 0 aliphatic carbocycles. The van der Waals surface area contributed by atoms with Gasteiger partial charge in [-0.05, 0) is 56.3 Å². The van der Waals surface area contributed by atoms with Gasteiger partial charge in [-0.2, -0.15) is 0 Å². The van der Waals surface area contributed by atoms with Crippen LogP contribution < -0.4 is 0 Å². The molecule has 2 aromatic rings. The van der Waals surface area contributed by atoms with Crippen LogP contribution in [-0.4, -0.2) is 15.1 Å². The third-order valence-electron chi connectivity index (χ3n) is 2.60. The van der Waals surface area contributed by atoms with Crippen molar-refractivity contribution in [3.05, 3.63) is 46.2 Å². The normalized spacial score (nSPS) is 12.5. The van der Waals surface area contributed by atoms with Gasteiger partial charge in [0.2, 0.25) is 0 Å². The van der Waals surface area contributed by atoms with E-state index in [2.05, 4.69) is 9.97 Å². The number of benzene rings is 1. The van der Waals surface area contributed by atoms with Crippen LogP contribution in [-0.2, 0) is 0 Å². The van der Waals surface area contributed by atoms with Gasteiger partial charge in [0.1, 0.15) is 0 Å². The summed E-state index contributed by atoms with van der Waals surface area (Å²) < 4.78 is 0. The zero-order valence-electron chi connectivity index (χ0n) is 11.0. The lowest BCUT2D eigenvalue weighted by Crippen LogP contribution is -1.94. The van der Waals surface area contributed by atoms with E-state index < -0.39 is 6.10 Å². The van der Waals surface area contributed by atoms with Crippen molar-refractivity contribution in [2.75, 3.05) is 0 Å². The van der Waals surface area contributed by atoms with E-state index in [0.29, 0.717) is 10.2 Å². The fraction of sp³-hybridized carbons (Fsp3) is 0.286. The van der Waals surface area contributed by atoms with Crippen LogP contribution in [0.1, 0.15) is 30.0 Å². The summed E-state index contributed by atoms with van der Waals surface area (Å²) in [6, 6.07) is 7.46. The average Bonchev–Trinajstić information content (AvgIpc) is 2.30. The van der Waals surface area contributed by atoms with Crippen molar-refractivity contribution in [2.24, 2.45) is 0 Å². The summed E-state index contributed by atoms with van der Waals surface area (Å²) >= 11 is 7.64. The van der Waals surface area contributed by atoms with Crippen molar-refractivity contribution in [3.8, 4) is 0 Å². The van der Waals surface area contributed by atoms with Gasteiger partial charge in [-0.25, -0.2) is 9.97 Å². The fourth-order valence-electron chi connectivity index (χ4n) is 1.70. The van der Waals surface area contributed by atoms with E-state index in [1.807, 2.05) is 32.0 Å². The van der Waals surface area contributed by atoms with Gasteiger partial charge >= 0.3 is 0 Å². The van der Waals surface area contributed by atoms with Gasteiger partial charge in [0.25, 0.3) is 0 Å². The third kappa shape index (κ3) is 3.69. The molecule has 0 amide bonds. The van der Waals surface area contributed by atoms with Crippen molar-refractivity contribution < 1.29 is 5.11 Å². The number of rotatable bonds is 3. The number of halogens is 1. The van der Waals surface area contributed by atoms with Crippen molar-refractivity contribution >= 4 is 23.4 Å². The molecule has 1 unspecified atom stereocenters. The molecule has 19 heavy (non-hydrogen) atoms. The quantitative estimate of drug-likeness (QED) is 0.871. The van der Waals surface area contributed by atoms with Crippen LogP contribution in [0.2, 0.25) is 5.02 Å². The highest BCUT2D eigenvalue weighted by Gasteiger charge is 2.09. The Kier molecular flexibility index (Phi) is 4.45. The lowest BCUT2D eigenvalue weighted by Gasteiger charge is -2.08. The molecule has 0 aliphatic heterocycles. The Labute approximate surface area is 122 Å². The highest BCUT2D eigenvalue weighted by Crippen LogP contribution is 2.33. The van der Waals surface area contributed by atoms with Crippen molar-refractivity contribution in [2.45, 2.75) is 36.9 Å². The Morgan fingerprint density at radius 3 is 2.32 bits per heavy atom. The van der Waals surface area contributed by atoms with E-state index in [-0.39, 0.29) is 0 Å². The zero-order chi connectivity index (χ0) is 14.0. The average molecular weight is 295 g/mol. The first-order chi connectivity index (χ1) is 8.95. The van der Waals surface area contributed by atoms with Crippen LogP contribution in [0, 0.1) is 13.8 Å². The first-order valence-corrected chi connectivity index (χ1v) is 7.13. The number of nitrogens with zero attached hydrogens (tertiary/aromatic N) is 2. The molecule has 5 heteroatoms. The summed E-state index contributed by atoms with van der Waals surface area (Å²) in [6.07, 6.45) is -0.519. The number of hydrogen-bond acceptors (Lipinski definition) is 4. The first-order valence-electron chi connectivity index (χ1n) is 5.93. The minimum absolute atomic E-state index is 0.519. The maximum Gasteiger partial charge on any atom is 0.192 e. The second kappa shape index (κ2) is 5.90. The van der Waals surface area contributed by atoms with Crippen LogP contribution in [0.4, 0.5) is 0 Å². The highest BCUT2D eigenvalue weighted by atomic mass is 35.5. The number of aliphatic hydroxyl groups excluding tert-OH is 1. The first kappa shape index (κ1) is 14.3. The summed E-state index contributed by atoms with van der Waals surface area (Å²) in [5.74, 6) is 0. The zero-order valence-corrected chi connectivity index (χ0v) is 12.6. The van der Waals surface area contributed by atoms with Crippen LogP contribution in [0.15, 0.2) is 34.3 Å². The van der Waals surface area contributed by atoms with E-state index in [4.69, 9.17) is 11.6 Å². The van der Waals surface area contributed by atoms with Gasteiger partial charge < -0.3 is 5.11 Å². The lowest BCUT2D eigenvalue weighted by atomic mass is 10.1. The predicted molar refractivity (Wildman–Crippen MR) is 77.7 cm³/mol. The summed E-state index contributed by atoms with van der Waals surface area (Å²) in [6.45, 7) is 5.60. The van der Waals surface area contributed by atoms with Crippen LogP contribution >= 0.6 is 23.4 Å². The van der Waals surface area contributed by atoms with Gasteiger partial charge in [-0.3, -0.25) is 0 Å². The Balaban J connectivity index is 2.28. The number of aryl methyl sites for hydroxylation is 2. The van der Waals surface area contributed by atoms with E-state index in [0.717, 1.165) is 21.8 Å². The molecule has 0 aliphatic rings. The number of hydrogen-bond donors (Lipinski definition) is 1. The highest BCUT2D eigenvalue weighted by molar-refractivity contribution is 7.99. The van der Waals surface area contributed by atoms with Gasteiger partial charge in [-0.1, -0.05) is 17.7 Å². The topological polar surface area (TPSA) is 46.0 Å². The molecule has 1 aromatic heterocycles. The maximum absolute atomic E-state index is 9.51. The number of aliphatic hydroxyl groups is 1. The minimum Gasteiger partial charge on any atom is -0.389 e. The molecular weight excluding hydrogens is 280 g/mol. The molecule has 100 valence electrons. The molecule has 0 saturated carbocycles. The molecular formula is C14H15ClN2OS. The molecule has 0 bridgehead atoms. The van der Waals surface area contributed by atoms with E-state index in [1.54, 1.807) is 13.0 Å². The summed E-state index contributed by atoms with van der Waals surface area (Å²) in [4.78, 5) is 9.63. The molecule has 0 saturated heterocycles. The Morgan fingerprint density at radius 1 is 1.16 bits per heavy atom. The molecule has 0 radical (unpaired) electrons. The van der Waals surface area contributed by atoms with Gasteiger partial charge in [0.15, 0.2) is 5.16 Å². The van der Waals surface area contributed by atoms with Crippen molar-refractivity contribution in [3.63, 3.8) is 0 Å². The van der Waals surface area contributed by atoms with Gasteiger partial charge in [-0.15, -0.1) is 0 Å². The monoisotopic (exact) mass is 294 g/mol. The van der Waals surface area contributed by atoms with E-state index in [9.17, 15) is 5.11 Å². The maximum atomic E-state index is 9.51. The molecule has 1 heterocycles. The fourth-order valence-corrected chi connectivity index (χ4v) is 2.87. The van der Waals surface area contributed by atoms with Crippen LogP contribution in [0.5, 0.6) is 0 Å². The second-order valence-corrected chi connectivity index (χ2v) is 5.82. The SMILES string of the molecule is Cc1cc(C)nc(Sc2ccc(C(C)O)cc2Cl)n1. The third-order valence-corrected chi connectivity index (χ3v) is 3.97. The molecule has 1 atom stereocenters. The molecule has 1 aromatic carbocycles. The summed E-state index contributed by atoms with van der Waals surface area (Å²) in [5, 5.41) is 10.8. The molecule has 0 spiro atoms. The van der Waals surface area contributed by atoms with Gasteiger partial charge in [0, 0.05) is 16.3 Å². The van der Waals surface area contributed by atoms with E-state index >= 15 is 0 Å². The van der Waals surface area contributed by atoms with E-state index in [1.165, 1.54) is 11.8 Å². The number of aromatic nitrogens is 2. The Morgan fingerprint density at radius 2 is 1.79 bits per heavy atom. The molecule has 1 N–H and O–H groups in total. The van der Waals surface area contributed by atoms with Crippen LogP contribution in [0.25, 0.3) is 0 Å². The Hall–Kier alpha value is -1.10. The Bertz CT molecular complexity index is 582. The molecule has 3 nitrogen and oxygen atoms in total. The van der Waals surface area contributed by atoms with Crippen molar-refractivity contribution in [1.29, 1.82) is 0 Å². The summed E-state index contributed by atoms with van der Waals surface area (Å²) in [7, 11) is 0. The second-order valence-electron chi connectivity index (χ2n) is 4.40. The summed E-state index contributed by atoms with van der Waals surface area (Å²) in [5.41, 5.74) is 2.68. The minimum atomic E-state index is -0.519. The predicted octanol–water partition coefficient (Wildman–Crippen LogP) is 3.95.